The van der Waals surface area contributed by atoms with Crippen molar-refractivity contribution < 1.29 is 9.21 Å². The summed E-state index contributed by atoms with van der Waals surface area (Å²) in [6, 6.07) is 3.15. The van der Waals surface area contributed by atoms with E-state index < -0.39 is 0 Å². The van der Waals surface area contributed by atoms with Crippen LogP contribution in [0, 0.1) is 5.92 Å². The van der Waals surface area contributed by atoms with E-state index in [0.29, 0.717) is 5.92 Å². The third-order valence-corrected chi connectivity index (χ3v) is 2.78. The summed E-state index contributed by atoms with van der Waals surface area (Å²) >= 11 is 5.56. The van der Waals surface area contributed by atoms with Crippen LogP contribution in [0.25, 0.3) is 0 Å². The van der Waals surface area contributed by atoms with Crippen LogP contribution in [-0.4, -0.2) is 12.5 Å². The molecule has 1 aliphatic carbocycles. The summed E-state index contributed by atoms with van der Waals surface area (Å²) in [6.07, 6.45) is 3.73. The molecule has 0 atom stereocenters. The summed E-state index contributed by atoms with van der Waals surface area (Å²) in [5.74, 6) is 0.766. The molecule has 0 radical (unpaired) electrons. The summed E-state index contributed by atoms with van der Waals surface area (Å²) in [6.45, 7) is 0.747. The molecule has 76 valence electrons. The number of carbonyl (C=O) groups is 1. The van der Waals surface area contributed by atoms with Gasteiger partial charge in [-0.1, -0.05) is 6.42 Å². The Bertz CT molecular complexity index is 331. The highest BCUT2D eigenvalue weighted by molar-refractivity contribution is 6.29. The van der Waals surface area contributed by atoms with Crippen LogP contribution in [0.3, 0.4) is 0 Å². The van der Waals surface area contributed by atoms with Gasteiger partial charge in [-0.3, -0.25) is 4.79 Å². The summed E-state index contributed by atoms with van der Waals surface area (Å²) < 4.78 is 4.98. The van der Waals surface area contributed by atoms with Gasteiger partial charge in [0.15, 0.2) is 11.0 Å². The number of carbonyl (C=O) groups excluding carboxylic acids is 1. The molecule has 0 unspecified atom stereocenters. The zero-order valence-electron chi connectivity index (χ0n) is 7.75. The molecule has 0 bridgehead atoms. The van der Waals surface area contributed by atoms with Gasteiger partial charge in [-0.2, -0.15) is 0 Å². The van der Waals surface area contributed by atoms with Crippen molar-refractivity contribution in [1.29, 1.82) is 0 Å². The highest BCUT2D eigenvalue weighted by atomic mass is 35.5. The minimum absolute atomic E-state index is 0.177. The second-order valence-electron chi connectivity index (χ2n) is 3.61. The zero-order chi connectivity index (χ0) is 9.97. The molecule has 4 heteroatoms. The van der Waals surface area contributed by atoms with Crippen molar-refractivity contribution in [3.05, 3.63) is 23.1 Å². The number of hydrogen-bond acceptors (Lipinski definition) is 2. The summed E-state index contributed by atoms with van der Waals surface area (Å²) in [4.78, 5) is 11.4. The average Bonchev–Trinajstić information content (AvgIpc) is 2.49. The van der Waals surface area contributed by atoms with Crippen molar-refractivity contribution in [3.63, 3.8) is 0 Å². The Morgan fingerprint density at radius 1 is 1.57 bits per heavy atom. The van der Waals surface area contributed by atoms with Crippen molar-refractivity contribution in [2.24, 2.45) is 5.92 Å². The Morgan fingerprint density at radius 2 is 2.36 bits per heavy atom. The second kappa shape index (κ2) is 4.05. The Labute approximate surface area is 87.4 Å². The molecule has 1 amide bonds. The number of hydrogen-bond donors (Lipinski definition) is 1. The first-order chi connectivity index (χ1) is 6.75. The lowest BCUT2D eigenvalue weighted by molar-refractivity contribution is 0.0911. The van der Waals surface area contributed by atoms with E-state index in [9.17, 15) is 4.79 Å². The summed E-state index contributed by atoms with van der Waals surface area (Å²) in [5, 5.41) is 3.07. The van der Waals surface area contributed by atoms with Gasteiger partial charge < -0.3 is 9.73 Å². The van der Waals surface area contributed by atoms with E-state index in [4.69, 9.17) is 16.0 Å². The number of nitrogens with one attached hydrogen (secondary N) is 1. The fourth-order valence-corrected chi connectivity index (χ4v) is 1.60. The van der Waals surface area contributed by atoms with Crippen molar-refractivity contribution in [2.45, 2.75) is 19.3 Å². The van der Waals surface area contributed by atoms with Gasteiger partial charge in [0.1, 0.15) is 0 Å². The topological polar surface area (TPSA) is 42.2 Å². The lowest BCUT2D eigenvalue weighted by Gasteiger charge is -2.25. The maximum Gasteiger partial charge on any atom is 0.287 e. The summed E-state index contributed by atoms with van der Waals surface area (Å²) in [7, 11) is 0. The highest BCUT2D eigenvalue weighted by Gasteiger charge is 2.19. The lowest BCUT2D eigenvalue weighted by atomic mass is 9.85. The monoisotopic (exact) mass is 213 g/mol. The number of halogens is 1. The van der Waals surface area contributed by atoms with E-state index in [-0.39, 0.29) is 16.9 Å². The molecule has 14 heavy (non-hydrogen) atoms. The minimum atomic E-state index is -0.177. The molecule has 1 N–H and O–H groups in total. The Morgan fingerprint density at radius 3 is 2.86 bits per heavy atom. The summed E-state index contributed by atoms with van der Waals surface area (Å²) in [5.41, 5.74) is 0. The van der Waals surface area contributed by atoms with Crippen LogP contribution in [0.1, 0.15) is 29.8 Å². The molecular formula is C10H12ClNO2. The van der Waals surface area contributed by atoms with Crippen LogP contribution in [0.5, 0.6) is 0 Å². The average molecular weight is 214 g/mol. The van der Waals surface area contributed by atoms with Crippen molar-refractivity contribution in [3.8, 4) is 0 Å². The first kappa shape index (κ1) is 9.59. The quantitative estimate of drug-likeness (QED) is 0.838. The molecule has 0 aliphatic heterocycles. The van der Waals surface area contributed by atoms with Crippen molar-refractivity contribution >= 4 is 17.5 Å². The lowest BCUT2D eigenvalue weighted by Crippen LogP contribution is -2.31. The first-order valence-electron chi connectivity index (χ1n) is 4.79. The molecule has 0 aromatic carbocycles. The molecule has 0 saturated heterocycles. The molecular weight excluding hydrogens is 202 g/mol. The van der Waals surface area contributed by atoms with E-state index in [2.05, 4.69) is 5.32 Å². The Balaban J connectivity index is 1.82. The van der Waals surface area contributed by atoms with Gasteiger partial charge in [-0.05, 0) is 42.5 Å². The molecule has 1 aromatic heterocycles. The SMILES string of the molecule is O=C(NCC1CCC1)c1ccc(Cl)o1. The Hall–Kier alpha value is -0.960. The standard InChI is InChI=1S/C10H12ClNO2/c11-9-5-4-8(14-9)10(13)12-6-7-2-1-3-7/h4-5,7H,1-3,6H2,(H,12,13). The third-order valence-electron chi connectivity index (χ3n) is 2.57. The van der Waals surface area contributed by atoms with Crippen LogP contribution >= 0.6 is 11.6 Å². The maximum absolute atomic E-state index is 11.4. The van der Waals surface area contributed by atoms with Gasteiger partial charge in [0.05, 0.1) is 0 Å². The number of furan rings is 1. The molecule has 1 aromatic rings. The molecule has 1 aliphatic rings. The van der Waals surface area contributed by atoms with Crippen LogP contribution in [0.15, 0.2) is 16.5 Å². The van der Waals surface area contributed by atoms with Gasteiger partial charge in [0, 0.05) is 6.54 Å². The molecule has 1 heterocycles. The van der Waals surface area contributed by atoms with Gasteiger partial charge in [0.2, 0.25) is 0 Å². The van der Waals surface area contributed by atoms with Gasteiger partial charge in [0.25, 0.3) is 5.91 Å². The second-order valence-corrected chi connectivity index (χ2v) is 3.98. The van der Waals surface area contributed by atoms with E-state index in [1.807, 2.05) is 0 Å². The first-order valence-corrected chi connectivity index (χ1v) is 5.17. The fraction of sp³-hybridized carbons (Fsp3) is 0.500. The minimum Gasteiger partial charge on any atom is -0.440 e. The van der Waals surface area contributed by atoms with Crippen molar-refractivity contribution in [2.75, 3.05) is 6.54 Å². The molecule has 3 nitrogen and oxygen atoms in total. The Kier molecular flexibility index (Phi) is 2.77. The van der Waals surface area contributed by atoms with Gasteiger partial charge in [-0.15, -0.1) is 0 Å². The highest BCUT2D eigenvalue weighted by Crippen LogP contribution is 2.25. The molecule has 1 fully saturated rings. The molecule has 0 spiro atoms. The largest absolute Gasteiger partial charge is 0.440 e. The van der Waals surface area contributed by atoms with Crippen LogP contribution in [-0.2, 0) is 0 Å². The van der Waals surface area contributed by atoms with Crippen LogP contribution < -0.4 is 5.32 Å². The van der Waals surface area contributed by atoms with Crippen molar-refractivity contribution in [1.82, 2.24) is 5.32 Å². The van der Waals surface area contributed by atoms with E-state index in [0.717, 1.165) is 6.54 Å². The predicted molar refractivity (Wildman–Crippen MR) is 53.4 cm³/mol. The van der Waals surface area contributed by atoms with E-state index >= 15 is 0 Å². The maximum atomic E-state index is 11.4. The van der Waals surface area contributed by atoms with E-state index in [1.54, 1.807) is 12.1 Å². The zero-order valence-corrected chi connectivity index (χ0v) is 8.51. The third kappa shape index (κ3) is 2.10. The fourth-order valence-electron chi connectivity index (χ4n) is 1.46. The molecule has 2 rings (SSSR count). The van der Waals surface area contributed by atoms with Crippen LogP contribution in [0.4, 0.5) is 0 Å². The van der Waals surface area contributed by atoms with Gasteiger partial charge >= 0.3 is 0 Å². The molecule has 1 saturated carbocycles. The predicted octanol–water partition coefficient (Wildman–Crippen LogP) is 2.46. The van der Waals surface area contributed by atoms with Crippen LogP contribution in [0.2, 0.25) is 5.22 Å². The number of amides is 1. The smallest absolute Gasteiger partial charge is 0.287 e. The van der Waals surface area contributed by atoms with Gasteiger partial charge in [-0.25, -0.2) is 0 Å². The van der Waals surface area contributed by atoms with E-state index in [1.165, 1.54) is 19.3 Å². The normalized spacial score (nSPS) is 16.4. The number of rotatable bonds is 3.